The van der Waals surface area contributed by atoms with Crippen LogP contribution in [0.1, 0.15) is 21.6 Å². The second-order valence-corrected chi connectivity index (χ2v) is 4.47. The highest BCUT2D eigenvalue weighted by molar-refractivity contribution is 6.31. The molecule has 0 aliphatic rings. The van der Waals surface area contributed by atoms with Crippen molar-refractivity contribution in [3.05, 3.63) is 52.3 Å². The molecule has 1 N–H and O–H groups in total. The predicted octanol–water partition coefficient (Wildman–Crippen LogP) is 2.31. The van der Waals surface area contributed by atoms with Gasteiger partial charge in [0.2, 0.25) is 0 Å². The third-order valence-electron chi connectivity index (χ3n) is 2.82. The van der Waals surface area contributed by atoms with Gasteiger partial charge in [-0.1, -0.05) is 29.8 Å². The molecule has 0 spiro atoms. The Hall–Kier alpha value is -1.81. The quantitative estimate of drug-likeness (QED) is 0.924. The van der Waals surface area contributed by atoms with E-state index in [1.54, 1.807) is 24.0 Å². The molecule has 2 aromatic rings. The fraction of sp³-hybridized carbons (Fsp3) is 0.231. The third-order valence-corrected chi connectivity index (χ3v) is 3.13. The third kappa shape index (κ3) is 2.54. The lowest BCUT2D eigenvalue weighted by Gasteiger charge is -2.08. The maximum atomic E-state index is 12.0. The average Bonchev–Trinajstić information content (AvgIpc) is 2.67. The summed E-state index contributed by atoms with van der Waals surface area (Å²) in [5, 5.41) is 7.42. The van der Waals surface area contributed by atoms with Gasteiger partial charge in [0.1, 0.15) is 0 Å². The Morgan fingerprint density at radius 3 is 2.78 bits per heavy atom. The Bertz CT molecular complexity index is 558. The highest BCUT2D eigenvalue weighted by Gasteiger charge is 2.11. The van der Waals surface area contributed by atoms with E-state index >= 15 is 0 Å². The van der Waals surface area contributed by atoms with E-state index < -0.39 is 0 Å². The highest BCUT2D eigenvalue weighted by Crippen LogP contribution is 2.14. The summed E-state index contributed by atoms with van der Waals surface area (Å²) in [4.78, 5) is 12.0. The van der Waals surface area contributed by atoms with Gasteiger partial charge in [0.25, 0.3) is 5.91 Å². The Morgan fingerprint density at radius 1 is 1.44 bits per heavy atom. The van der Waals surface area contributed by atoms with Crippen molar-refractivity contribution in [3.63, 3.8) is 0 Å². The van der Waals surface area contributed by atoms with Crippen LogP contribution < -0.4 is 5.32 Å². The van der Waals surface area contributed by atoms with Gasteiger partial charge in [-0.05, 0) is 18.6 Å². The number of hydrogen-bond acceptors (Lipinski definition) is 2. The minimum absolute atomic E-state index is 0.106. The van der Waals surface area contributed by atoms with Gasteiger partial charge >= 0.3 is 0 Å². The van der Waals surface area contributed by atoms with Crippen LogP contribution in [0, 0.1) is 6.92 Å². The van der Waals surface area contributed by atoms with Crippen molar-refractivity contribution in [2.75, 3.05) is 0 Å². The van der Waals surface area contributed by atoms with Crippen molar-refractivity contribution in [1.29, 1.82) is 0 Å². The molecule has 0 radical (unpaired) electrons. The Kier molecular flexibility index (Phi) is 3.67. The number of benzene rings is 1. The average molecular weight is 264 g/mol. The molecule has 0 saturated carbocycles. The lowest BCUT2D eigenvalue weighted by molar-refractivity contribution is 0.0949. The van der Waals surface area contributed by atoms with Crippen LogP contribution in [0.2, 0.25) is 5.02 Å². The maximum Gasteiger partial charge on any atom is 0.251 e. The largest absolute Gasteiger partial charge is 0.346 e. The molecule has 94 valence electrons. The molecule has 5 heteroatoms. The van der Waals surface area contributed by atoms with E-state index in [0.717, 1.165) is 11.3 Å². The Labute approximate surface area is 111 Å². The van der Waals surface area contributed by atoms with Crippen molar-refractivity contribution in [2.24, 2.45) is 7.05 Å². The number of rotatable bonds is 3. The van der Waals surface area contributed by atoms with Crippen molar-refractivity contribution >= 4 is 17.5 Å². The Morgan fingerprint density at radius 2 is 2.17 bits per heavy atom. The predicted molar refractivity (Wildman–Crippen MR) is 70.6 cm³/mol. The molecule has 1 heterocycles. The topological polar surface area (TPSA) is 46.9 Å². The van der Waals surface area contributed by atoms with E-state index in [1.807, 2.05) is 25.1 Å². The van der Waals surface area contributed by atoms with Crippen molar-refractivity contribution < 1.29 is 4.79 Å². The molecular weight excluding hydrogens is 250 g/mol. The minimum Gasteiger partial charge on any atom is -0.346 e. The first-order valence-electron chi connectivity index (χ1n) is 5.60. The van der Waals surface area contributed by atoms with E-state index in [-0.39, 0.29) is 5.91 Å². The summed E-state index contributed by atoms with van der Waals surface area (Å²) in [6.45, 7) is 2.27. The first-order valence-corrected chi connectivity index (χ1v) is 5.97. The number of aromatic nitrogens is 2. The van der Waals surface area contributed by atoms with E-state index in [1.165, 1.54) is 0 Å². The number of carbonyl (C=O) groups excluding carboxylic acids is 1. The molecule has 0 saturated heterocycles. The summed E-state index contributed by atoms with van der Waals surface area (Å²) in [6, 6.07) is 7.46. The monoisotopic (exact) mass is 263 g/mol. The fourth-order valence-electron chi connectivity index (χ4n) is 1.72. The number of nitrogens with one attached hydrogen (secondary N) is 1. The molecule has 0 aliphatic heterocycles. The molecule has 0 bridgehead atoms. The van der Waals surface area contributed by atoms with Gasteiger partial charge in [0, 0.05) is 12.6 Å². The first kappa shape index (κ1) is 12.6. The number of aryl methyl sites for hydroxylation is 2. The van der Waals surface area contributed by atoms with Gasteiger partial charge < -0.3 is 5.32 Å². The lowest BCUT2D eigenvalue weighted by Crippen LogP contribution is -2.24. The van der Waals surface area contributed by atoms with Gasteiger partial charge in [0.15, 0.2) is 0 Å². The zero-order chi connectivity index (χ0) is 13.1. The summed E-state index contributed by atoms with van der Waals surface area (Å²) in [5.74, 6) is -0.106. The van der Waals surface area contributed by atoms with Crippen LogP contribution in [-0.2, 0) is 13.6 Å². The molecule has 0 unspecified atom stereocenters. The number of halogens is 1. The zero-order valence-corrected chi connectivity index (χ0v) is 11.0. The van der Waals surface area contributed by atoms with Crippen molar-refractivity contribution in [1.82, 2.24) is 15.1 Å². The summed E-state index contributed by atoms with van der Waals surface area (Å²) >= 11 is 5.97. The molecule has 0 fully saturated rings. The molecule has 1 aromatic heterocycles. The molecule has 0 aliphatic carbocycles. The standard InChI is InChI=1S/C13H14ClN3O/c1-9-5-3-4-6-10(9)13(18)15-8-12-11(14)7-16-17(12)2/h3-7H,8H2,1-2H3,(H,15,18). The maximum absolute atomic E-state index is 12.0. The van der Waals surface area contributed by atoms with E-state index in [9.17, 15) is 4.79 Å². The first-order chi connectivity index (χ1) is 8.59. The summed E-state index contributed by atoms with van der Waals surface area (Å²) < 4.78 is 1.65. The van der Waals surface area contributed by atoms with Crippen LogP contribution in [-0.4, -0.2) is 15.7 Å². The molecule has 1 amide bonds. The second-order valence-electron chi connectivity index (χ2n) is 4.06. The van der Waals surface area contributed by atoms with E-state index in [2.05, 4.69) is 10.4 Å². The summed E-state index contributed by atoms with van der Waals surface area (Å²) in [6.07, 6.45) is 1.57. The van der Waals surface area contributed by atoms with Gasteiger partial charge in [0.05, 0.1) is 23.5 Å². The lowest BCUT2D eigenvalue weighted by atomic mass is 10.1. The number of carbonyl (C=O) groups is 1. The molecular formula is C13H14ClN3O. The van der Waals surface area contributed by atoms with Crippen LogP contribution in [0.15, 0.2) is 30.5 Å². The fourth-order valence-corrected chi connectivity index (χ4v) is 1.95. The number of amides is 1. The van der Waals surface area contributed by atoms with Gasteiger partial charge in [-0.15, -0.1) is 0 Å². The second kappa shape index (κ2) is 5.23. The van der Waals surface area contributed by atoms with Gasteiger partial charge in [-0.25, -0.2) is 0 Å². The van der Waals surface area contributed by atoms with Gasteiger partial charge in [-0.2, -0.15) is 5.10 Å². The molecule has 0 atom stereocenters. The van der Waals surface area contributed by atoms with E-state index in [0.29, 0.717) is 17.1 Å². The van der Waals surface area contributed by atoms with Crippen LogP contribution in [0.4, 0.5) is 0 Å². The van der Waals surface area contributed by atoms with E-state index in [4.69, 9.17) is 11.6 Å². The minimum atomic E-state index is -0.106. The zero-order valence-electron chi connectivity index (χ0n) is 10.3. The Balaban J connectivity index is 2.08. The normalized spacial score (nSPS) is 10.4. The molecule has 4 nitrogen and oxygen atoms in total. The molecule has 18 heavy (non-hydrogen) atoms. The van der Waals surface area contributed by atoms with Crippen LogP contribution in [0.5, 0.6) is 0 Å². The number of nitrogens with zero attached hydrogens (tertiary/aromatic N) is 2. The van der Waals surface area contributed by atoms with Gasteiger partial charge in [-0.3, -0.25) is 9.48 Å². The molecule has 1 aromatic carbocycles. The van der Waals surface area contributed by atoms with Crippen LogP contribution in [0.25, 0.3) is 0 Å². The van der Waals surface area contributed by atoms with Crippen LogP contribution in [0.3, 0.4) is 0 Å². The van der Waals surface area contributed by atoms with Crippen molar-refractivity contribution in [3.8, 4) is 0 Å². The number of hydrogen-bond donors (Lipinski definition) is 1. The summed E-state index contributed by atoms with van der Waals surface area (Å²) in [7, 11) is 1.79. The van der Waals surface area contributed by atoms with Crippen molar-refractivity contribution in [2.45, 2.75) is 13.5 Å². The summed E-state index contributed by atoms with van der Waals surface area (Å²) in [5.41, 5.74) is 2.42. The van der Waals surface area contributed by atoms with Crippen LogP contribution >= 0.6 is 11.6 Å². The SMILES string of the molecule is Cc1ccccc1C(=O)NCc1c(Cl)cnn1C. The highest BCUT2D eigenvalue weighted by atomic mass is 35.5. The molecule has 2 rings (SSSR count). The smallest absolute Gasteiger partial charge is 0.251 e.